The molecule has 3 nitrogen and oxygen atoms in total. The molecule has 2 rings (SSSR count). The second kappa shape index (κ2) is 5.88. The quantitative estimate of drug-likeness (QED) is 0.814. The Labute approximate surface area is 114 Å². The summed E-state index contributed by atoms with van der Waals surface area (Å²) in [7, 11) is 1.77. The molecule has 1 saturated carbocycles. The van der Waals surface area contributed by atoms with E-state index in [0.717, 1.165) is 31.6 Å². The van der Waals surface area contributed by atoms with Crippen LogP contribution in [0.4, 0.5) is 5.69 Å². The number of nitrogens with zero attached hydrogens (tertiary/aromatic N) is 2. The number of amides is 1. The van der Waals surface area contributed by atoms with Gasteiger partial charge in [-0.2, -0.15) is 5.26 Å². The second-order valence-electron chi connectivity index (χ2n) is 5.48. The van der Waals surface area contributed by atoms with Crippen molar-refractivity contribution in [3.63, 3.8) is 0 Å². The maximum absolute atomic E-state index is 12.5. The summed E-state index contributed by atoms with van der Waals surface area (Å²) >= 11 is 0. The number of hydrogen-bond acceptors (Lipinski definition) is 2. The minimum atomic E-state index is 0.118. The van der Waals surface area contributed by atoms with E-state index < -0.39 is 0 Å². The summed E-state index contributed by atoms with van der Waals surface area (Å²) in [6, 6.07) is 9.42. The molecule has 0 bridgehead atoms. The molecule has 1 aliphatic carbocycles. The summed E-state index contributed by atoms with van der Waals surface area (Å²) in [5, 5.41) is 9.11. The summed E-state index contributed by atoms with van der Waals surface area (Å²) in [6.07, 6.45) is 4.20. The van der Waals surface area contributed by atoms with Crippen LogP contribution in [-0.4, -0.2) is 13.0 Å². The smallest absolute Gasteiger partial charge is 0.229 e. The lowest BCUT2D eigenvalue weighted by molar-refractivity contribution is -0.123. The highest BCUT2D eigenvalue weighted by Gasteiger charge is 2.27. The van der Waals surface area contributed by atoms with Crippen LogP contribution in [0, 0.1) is 23.2 Å². The van der Waals surface area contributed by atoms with Gasteiger partial charge in [-0.1, -0.05) is 19.1 Å². The SMILES string of the molecule is CC1CCC(C(=O)N(C)c2ccccc2C#N)CC1. The van der Waals surface area contributed by atoms with Gasteiger partial charge in [0.1, 0.15) is 6.07 Å². The van der Waals surface area contributed by atoms with Crippen LogP contribution in [0.3, 0.4) is 0 Å². The van der Waals surface area contributed by atoms with Crippen molar-refractivity contribution >= 4 is 11.6 Å². The van der Waals surface area contributed by atoms with Gasteiger partial charge >= 0.3 is 0 Å². The average molecular weight is 256 g/mol. The Balaban J connectivity index is 2.13. The Kier molecular flexibility index (Phi) is 4.21. The van der Waals surface area contributed by atoms with Gasteiger partial charge in [-0.25, -0.2) is 0 Å². The third-order valence-electron chi connectivity index (χ3n) is 4.08. The molecule has 0 radical (unpaired) electrons. The predicted molar refractivity (Wildman–Crippen MR) is 75.7 cm³/mol. The van der Waals surface area contributed by atoms with Gasteiger partial charge in [-0.15, -0.1) is 0 Å². The lowest BCUT2D eigenvalue weighted by Gasteiger charge is -2.29. The van der Waals surface area contributed by atoms with Crippen LogP contribution >= 0.6 is 0 Å². The largest absolute Gasteiger partial charge is 0.314 e. The zero-order valence-corrected chi connectivity index (χ0v) is 11.6. The summed E-state index contributed by atoms with van der Waals surface area (Å²) in [6.45, 7) is 2.25. The van der Waals surface area contributed by atoms with Gasteiger partial charge in [-0.05, 0) is 43.7 Å². The Morgan fingerprint density at radius 3 is 2.53 bits per heavy atom. The zero-order valence-electron chi connectivity index (χ0n) is 11.6. The standard InChI is InChI=1S/C16H20N2O/c1-12-7-9-13(10-8-12)16(19)18(2)15-6-4-3-5-14(15)11-17/h3-6,12-13H,7-10H2,1-2H3. The lowest BCUT2D eigenvalue weighted by Crippen LogP contribution is -2.35. The molecule has 19 heavy (non-hydrogen) atoms. The van der Waals surface area contributed by atoms with Gasteiger partial charge in [0, 0.05) is 13.0 Å². The van der Waals surface area contributed by atoms with Crippen molar-refractivity contribution in [3.8, 4) is 6.07 Å². The first kappa shape index (κ1) is 13.6. The monoisotopic (exact) mass is 256 g/mol. The summed E-state index contributed by atoms with van der Waals surface area (Å²) < 4.78 is 0. The number of para-hydroxylation sites is 1. The van der Waals surface area contributed by atoms with Crippen molar-refractivity contribution in [3.05, 3.63) is 29.8 Å². The maximum atomic E-state index is 12.5. The van der Waals surface area contributed by atoms with E-state index in [-0.39, 0.29) is 11.8 Å². The van der Waals surface area contributed by atoms with Crippen molar-refractivity contribution in [2.24, 2.45) is 11.8 Å². The molecule has 1 fully saturated rings. The molecule has 0 N–H and O–H groups in total. The van der Waals surface area contributed by atoms with E-state index in [0.29, 0.717) is 11.3 Å². The van der Waals surface area contributed by atoms with Crippen LogP contribution in [0.2, 0.25) is 0 Å². The zero-order chi connectivity index (χ0) is 13.8. The Morgan fingerprint density at radius 2 is 1.89 bits per heavy atom. The van der Waals surface area contributed by atoms with E-state index in [4.69, 9.17) is 5.26 Å². The van der Waals surface area contributed by atoms with Gasteiger partial charge < -0.3 is 4.90 Å². The first-order valence-corrected chi connectivity index (χ1v) is 6.90. The highest BCUT2D eigenvalue weighted by molar-refractivity contribution is 5.95. The fourth-order valence-corrected chi connectivity index (χ4v) is 2.76. The molecule has 0 aromatic heterocycles. The van der Waals surface area contributed by atoms with E-state index >= 15 is 0 Å². The molecule has 0 spiro atoms. The maximum Gasteiger partial charge on any atom is 0.229 e. The number of nitriles is 1. The minimum Gasteiger partial charge on any atom is -0.314 e. The predicted octanol–water partition coefficient (Wildman–Crippen LogP) is 3.35. The Hall–Kier alpha value is -1.82. The van der Waals surface area contributed by atoms with Gasteiger partial charge in [0.05, 0.1) is 11.3 Å². The molecule has 0 heterocycles. The molecular formula is C16H20N2O. The molecule has 0 saturated heterocycles. The highest BCUT2D eigenvalue weighted by Crippen LogP contribution is 2.31. The average Bonchev–Trinajstić information content (AvgIpc) is 2.46. The van der Waals surface area contributed by atoms with E-state index in [1.165, 1.54) is 0 Å². The van der Waals surface area contributed by atoms with Crippen LogP contribution in [0.5, 0.6) is 0 Å². The molecule has 1 aromatic rings. The van der Waals surface area contributed by atoms with E-state index in [1.54, 1.807) is 18.0 Å². The van der Waals surface area contributed by atoms with E-state index in [9.17, 15) is 4.79 Å². The van der Waals surface area contributed by atoms with Crippen molar-refractivity contribution in [2.75, 3.05) is 11.9 Å². The Bertz CT molecular complexity index is 496. The van der Waals surface area contributed by atoms with Gasteiger partial charge in [0.2, 0.25) is 5.91 Å². The summed E-state index contributed by atoms with van der Waals surface area (Å²) in [4.78, 5) is 14.1. The van der Waals surface area contributed by atoms with Crippen LogP contribution in [0.15, 0.2) is 24.3 Å². The Morgan fingerprint density at radius 1 is 1.26 bits per heavy atom. The second-order valence-corrected chi connectivity index (χ2v) is 5.48. The minimum absolute atomic E-state index is 0.118. The lowest BCUT2D eigenvalue weighted by atomic mass is 9.82. The highest BCUT2D eigenvalue weighted by atomic mass is 16.2. The fraction of sp³-hybridized carbons (Fsp3) is 0.500. The molecule has 100 valence electrons. The molecule has 1 aromatic carbocycles. The van der Waals surface area contributed by atoms with Crippen molar-refractivity contribution in [2.45, 2.75) is 32.6 Å². The first-order chi connectivity index (χ1) is 9.13. The fourth-order valence-electron chi connectivity index (χ4n) is 2.76. The summed E-state index contributed by atoms with van der Waals surface area (Å²) in [5.41, 5.74) is 1.27. The van der Waals surface area contributed by atoms with Crippen molar-refractivity contribution < 1.29 is 4.79 Å². The topological polar surface area (TPSA) is 44.1 Å². The summed E-state index contributed by atoms with van der Waals surface area (Å²) in [5.74, 6) is 1.00. The molecule has 0 unspecified atom stereocenters. The van der Waals surface area contributed by atoms with Crippen LogP contribution in [-0.2, 0) is 4.79 Å². The number of carbonyl (C=O) groups excluding carboxylic acids is 1. The molecule has 0 aliphatic heterocycles. The van der Waals surface area contributed by atoms with Crippen LogP contribution < -0.4 is 4.90 Å². The van der Waals surface area contributed by atoms with E-state index in [1.807, 2.05) is 18.2 Å². The molecule has 1 amide bonds. The number of anilines is 1. The number of carbonyl (C=O) groups is 1. The van der Waals surface area contributed by atoms with Crippen molar-refractivity contribution in [1.82, 2.24) is 0 Å². The molecular weight excluding hydrogens is 236 g/mol. The first-order valence-electron chi connectivity index (χ1n) is 6.90. The van der Waals surface area contributed by atoms with Crippen LogP contribution in [0.25, 0.3) is 0 Å². The van der Waals surface area contributed by atoms with Crippen LogP contribution in [0.1, 0.15) is 38.2 Å². The number of benzene rings is 1. The number of hydrogen-bond donors (Lipinski definition) is 0. The molecule has 3 heteroatoms. The normalized spacial score (nSPS) is 22.6. The van der Waals surface area contributed by atoms with Gasteiger partial charge in [0.15, 0.2) is 0 Å². The molecule has 0 atom stereocenters. The third-order valence-corrected chi connectivity index (χ3v) is 4.08. The number of rotatable bonds is 2. The van der Waals surface area contributed by atoms with Gasteiger partial charge in [0.25, 0.3) is 0 Å². The third kappa shape index (κ3) is 2.96. The molecule has 1 aliphatic rings. The van der Waals surface area contributed by atoms with E-state index in [2.05, 4.69) is 13.0 Å². The van der Waals surface area contributed by atoms with Gasteiger partial charge in [-0.3, -0.25) is 4.79 Å². The van der Waals surface area contributed by atoms with Crippen molar-refractivity contribution in [1.29, 1.82) is 5.26 Å².